The monoisotopic (exact) mass is 274 g/mol. The summed E-state index contributed by atoms with van der Waals surface area (Å²) in [7, 11) is 0. The van der Waals surface area contributed by atoms with Gasteiger partial charge in [-0.1, -0.05) is 35.9 Å². The first-order chi connectivity index (χ1) is 9.25. The second kappa shape index (κ2) is 5.05. The van der Waals surface area contributed by atoms with Gasteiger partial charge >= 0.3 is 0 Å². The van der Waals surface area contributed by atoms with Gasteiger partial charge in [-0.3, -0.25) is 0 Å². The summed E-state index contributed by atoms with van der Waals surface area (Å²) in [6.45, 7) is 1.74. The van der Waals surface area contributed by atoms with Crippen molar-refractivity contribution in [1.29, 1.82) is 0 Å². The van der Waals surface area contributed by atoms with Crippen molar-refractivity contribution in [2.24, 2.45) is 0 Å². The Labute approximate surface area is 117 Å². The van der Waals surface area contributed by atoms with Crippen LogP contribution in [0.2, 0.25) is 5.15 Å². The van der Waals surface area contributed by atoms with Crippen LogP contribution in [-0.2, 0) is 13.0 Å². The molecule has 0 spiro atoms. The molecule has 0 saturated heterocycles. The number of hydrogen-bond acceptors (Lipinski definition) is 4. The van der Waals surface area contributed by atoms with Crippen molar-refractivity contribution in [2.75, 3.05) is 17.2 Å². The second-order valence-electron chi connectivity index (χ2n) is 4.70. The minimum absolute atomic E-state index is 0.322. The van der Waals surface area contributed by atoms with E-state index in [4.69, 9.17) is 17.3 Å². The fourth-order valence-corrected chi connectivity index (χ4v) is 2.63. The molecule has 0 fully saturated rings. The number of fused-ring (bicyclic) bond motifs is 1. The fraction of sp³-hybridized carbons (Fsp3) is 0.286. The Morgan fingerprint density at radius 3 is 2.79 bits per heavy atom. The number of aryl methyl sites for hydroxylation is 1. The molecule has 0 aliphatic carbocycles. The van der Waals surface area contributed by atoms with Gasteiger partial charge in [-0.25, -0.2) is 9.97 Å². The average Bonchev–Trinajstić information content (AvgIpc) is 2.64. The van der Waals surface area contributed by atoms with Gasteiger partial charge in [-0.05, 0) is 24.0 Å². The lowest BCUT2D eigenvalue weighted by atomic mass is 10.0. The van der Waals surface area contributed by atoms with E-state index in [1.807, 2.05) is 0 Å². The molecule has 2 heterocycles. The van der Waals surface area contributed by atoms with E-state index < -0.39 is 0 Å². The zero-order valence-corrected chi connectivity index (χ0v) is 11.3. The molecule has 1 aromatic carbocycles. The fourth-order valence-electron chi connectivity index (χ4n) is 2.50. The van der Waals surface area contributed by atoms with Crippen molar-refractivity contribution < 1.29 is 0 Å². The van der Waals surface area contributed by atoms with Gasteiger partial charge in [0.15, 0.2) is 11.0 Å². The summed E-state index contributed by atoms with van der Waals surface area (Å²) in [5.74, 6) is 0.733. The molecule has 0 bridgehead atoms. The molecule has 1 aliphatic heterocycles. The van der Waals surface area contributed by atoms with Gasteiger partial charge in [0.2, 0.25) is 0 Å². The van der Waals surface area contributed by atoms with Crippen LogP contribution in [0, 0.1) is 0 Å². The molecule has 0 amide bonds. The normalized spacial score (nSPS) is 14.9. The van der Waals surface area contributed by atoms with Gasteiger partial charge in [0.05, 0.1) is 0 Å². The summed E-state index contributed by atoms with van der Waals surface area (Å²) in [4.78, 5) is 10.4. The number of aromatic nitrogens is 2. The van der Waals surface area contributed by atoms with E-state index in [1.54, 1.807) is 0 Å². The first kappa shape index (κ1) is 12.2. The third-order valence-electron chi connectivity index (χ3n) is 3.47. The highest BCUT2D eigenvalue weighted by Crippen LogP contribution is 2.29. The van der Waals surface area contributed by atoms with Crippen molar-refractivity contribution in [3.63, 3.8) is 0 Å². The standard InChI is InChI=1S/C14H15ClN4/c15-13-12(16)14(18-9-17-13)19-7-3-6-10-4-1-2-5-11(10)8-19/h1-2,4-5,9H,3,6-8,16H2. The molecular formula is C14H15ClN4. The highest BCUT2D eigenvalue weighted by Gasteiger charge is 2.18. The molecule has 0 unspecified atom stereocenters. The molecule has 3 rings (SSSR count). The summed E-state index contributed by atoms with van der Waals surface area (Å²) in [6, 6.07) is 8.50. The summed E-state index contributed by atoms with van der Waals surface area (Å²) >= 11 is 5.97. The number of rotatable bonds is 1. The van der Waals surface area contributed by atoms with E-state index >= 15 is 0 Å². The number of anilines is 2. The number of nitrogens with zero attached hydrogens (tertiary/aromatic N) is 3. The molecule has 2 N–H and O–H groups in total. The minimum Gasteiger partial charge on any atom is -0.393 e. The van der Waals surface area contributed by atoms with E-state index in [2.05, 4.69) is 39.1 Å². The molecule has 19 heavy (non-hydrogen) atoms. The summed E-state index contributed by atoms with van der Waals surface area (Å²) in [6.07, 6.45) is 3.63. The van der Waals surface area contributed by atoms with Gasteiger partial charge in [0, 0.05) is 13.1 Å². The molecule has 5 heteroatoms. The van der Waals surface area contributed by atoms with Crippen LogP contribution >= 0.6 is 11.6 Å². The Balaban J connectivity index is 1.96. The lowest BCUT2D eigenvalue weighted by Crippen LogP contribution is -2.24. The maximum atomic E-state index is 5.99. The summed E-state index contributed by atoms with van der Waals surface area (Å²) in [5, 5.41) is 0.322. The number of halogens is 1. The number of nitrogens with two attached hydrogens (primary N) is 1. The van der Waals surface area contributed by atoms with Crippen LogP contribution in [0.4, 0.5) is 11.5 Å². The molecule has 1 aromatic heterocycles. The molecule has 0 atom stereocenters. The smallest absolute Gasteiger partial charge is 0.157 e. The van der Waals surface area contributed by atoms with Crippen molar-refractivity contribution in [1.82, 2.24) is 9.97 Å². The zero-order chi connectivity index (χ0) is 13.2. The van der Waals surface area contributed by atoms with E-state index in [0.717, 1.165) is 31.7 Å². The highest BCUT2D eigenvalue weighted by atomic mass is 35.5. The van der Waals surface area contributed by atoms with Crippen molar-refractivity contribution in [3.05, 3.63) is 46.9 Å². The molecule has 98 valence electrons. The second-order valence-corrected chi connectivity index (χ2v) is 5.05. The van der Waals surface area contributed by atoms with Crippen molar-refractivity contribution in [2.45, 2.75) is 19.4 Å². The zero-order valence-electron chi connectivity index (χ0n) is 10.5. The maximum absolute atomic E-state index is 5.99. The van der Waals surface area contributed by atoms with Gasteiger partial charge in [-0.15, -0.1) is 0 Å². The summed E-state index contributed by atoms with van der Waals surface area (Å²) < 4.78 is 0. The number of nitrogen functional groups attached to an aromatic ring is 1. The quantitative estimate of drug-likeness (QED) is 0.813. The lowest BCUT2D eigenvalue weighted by Gasteiger charge is -2.23. The molecular weight excluding hydrogens is 260 g/mol. The van der Waals surface area contributed by atoms with Crippen LogP contribution in [0.5, 0.6) is 0 Å². The largest absolute Gasteiger partial charge is 0.393 e. The van der Waals surface area contributed by atoms with E-state index in [9.17, 15) is 0 Å². The highest BCUT2D eigenvalue weighted by molar-refractivity contribution is 6.32. The Hall–Kier alpha value is -1.81. The Bertz CT molecular complexity index is 600. The van der Waals surface area contributed by atoms with Crippen LogP contribution in [0.25, 0.3) is 0 Å². The van der Waals surface area contributed by atoms with Crippen LogP contribution in [0.1, 0.15) is 17.5 Å². The first-order valence-electron chi connectivity index (χ1n) is 6.33. The molecule has 0 radical (unpaired) electrons. The Morgan fingerprint density at radius 2 is 1.95 bits per heavy atom. The van der Waals surface area contributed by atoms with Gasteiger partial charge in [0.25, 0.3) is 0 Å². The van der Waals surface area contributed by atoms with Gasteiger partial charge < -0.3 is 10.6 Å². The third-order valence-corrected chi connectivity index (χ3v) is 3.77. The van der Waals surface area contributed by atoms with Crippen LogP contribution < -0.4 is 10.6 Å². The predicted octanol–water partition coefficient (Wildman–Crippen LogP) is 2.67. The number of benzene rings is 1. The van der Waals surface area contributed by atoms with Gasteiger partial charge in [0.1, 0.15) is 12.0 Å². The van der Waals surface area contributed by atoms with Gasteiger partial charge in [-0.2, -0.15) is 0 Å². The number of hydrogen-bond donors (Lipinski definition) is 1. The maximum Gasteiger partial charge on any atom is 0.157 e. The summed E-state index contributed by atoms with van der Waals surface area (Å²) in [5.41, 5.74) is 9.18. The third kappa shape index (κ3) is 2.36. The SMILES string of the molecule is Nc1c(Cl)ncnc1N1CCCc2ccccc2C1. The van der Waals surface area contributed by atoms with Crippen LogP contribution in [0.3, 0.4) is 0 Å². The Morgan fingerprint density at radius 1 is 1.16 bits per heavy atom. The van der Waals surface area contributed by atoms with Crippen LogP contribution in [-0.4, -0.2) is 16.5 Å². The van der Waals surface area contributed by atoms with E-state index in [0.29, 0.717) is 10.8 Å². The lowest BCUT2D eigenvalue weighted by molar-refractivity contribution is 0.754. The van der Waals surface area contributed by atoms with E-state index in [1.165, 1.54) is 17.5 Å². The average molecular weight is 275 g/mol. The molecule has 4 nitrogen and oxygen atoms in total. The predicted molar refractivity (Wildman–Crippen MR) is 77.3 cm³/mol. The molecule has 1 aliphatic rings. The van der Waals surface area contributed by atoms with E-state index in [-0.39, 0.29) is 0 Å². The minimum atomic E-state index is 0.322. The molecule has 0 saturated carbocycles. The first-order valence-corrected chi connectivity index (χ1v) is 6.71. The van der Waals surface area contributed by atoms with Crippen molar-refractivity contribution >= 4 is 23.1 Å². The van der Waals surface area contributed by atoms with Crippen LogP contribution in [0.15, 0.2) is 30.6 Å². The molecule has 2 aromatic rings. The Kier molecular flexibility index (Phi) is 3.25. The van der Waals surface area contributed by atoms with Crippen molar-refractivity contribution in [3.8, 4) is 0 Å². The topological polar surface area (TPSA) is 55.0 Å².